The molecule has 0 aromatic carbocycles. The number of rotatable bonds is 8. The Kier molecular flexibility index (Phi) is 5.86. The average molecular weight is 251 g/mol. The molecular weight excluding hydrogens is 222 g/mol. The lowest BCUT2D eigenvalue weighted by Gasteiger charge is -2.27. The van der Waals surface area contributed by atoms with Crippen LogP contribution in [0.5, 0.6) is 0 Å². The second-order valence-electron chi connectivity index (χ2n) is 6.41. The largest absolute Gasteiger partial charge is 0.334 e. The molecule has 1 rings (SSSR count). The van der Waals surface area contributed by atoms with Crippen molar-refractivity contribution in [3.8, 4) is 0 Å². The van der Waals surface area contributed by atoms with E-state index in [1.807, 2.05) is 6.20 Å². The zero-order chi connectivity index (χ0) is 13.6. The summed E-state index contributed by atoms with van der Waals surface area (Å²) in [5, 5.41) is 3.56. The third-order valence-electron chi connectivity index (χ3n) is 3.03. The highest BCUT2D eigenvalue weighted by Gasteiger charge is 2.19. The van der Waals surface area contributed by atoms with Crippen molar-refractivity contribution in [2.75, 3.05) is 13.1 Å². The summed E-state index contributed by atoms with van der Waals surface area (Å²) in [7, 11) is 0. The van der Waals surface area contributed by atoms with Gasteiger partial charge in [0.15, 0.2) is 0 Å². The minimum absolute atomic E-state index is 0.262. The lowest BCUT2D eigenvalue weighted by molar-refractivity contribution is 0.281. The van der Waals surface area contributed by atoms with E-state index in [1.54, 1.807) is 0 Å². The number of hydrogen-bond donors (Lipinski definition) is 1. The molecule has 0 radical (unpaired) electrons. The van der Waals surface area contributed by atoms with Gasteiger partial charge in [0.05, 0.1) is 0 Å². The summed E-state index contributed by atoms with van der Waals surface area (Å²) in [6.07, 6.45) is 6.25. The zero-order valence-corrected chi connectivity index (χ0v) is 12.7. The monoisotopic (exact) mass is 251 g/mol. The molecule has 0 aliphatic rings. The van der Waals surface area contributed by atoms with Crippen LogP contribution in [0.1, 0.15) is 46.9 Å². The summed E-state index contributed by atoms with van der Waals surface area (Å²) in [6.45, 7) is 14.5. The van der Waals surface area contributed by atoms with Crippen molar-refractivity contribution in [1.29, 1.82) is 0 Å². The van der Waals surface area contributed by atoms with E-state index in [2.05, 4.69) is 55.7 Å². The van der Waals surface area contributed by atoms with Crippen LogP contribution in [0, 0.1) is 11.3 Å². The van der Waals surface area contributed by atoms with Crippen LogP contribution >= 0.6 is 0 Å². The van der Waals surface area contributed by atoms with E-state index in [0.717, 1.165) is 32.5 Å². The molecule has 0 aliphatic heterocycles. The molecule has 0 bridgehead atoms. The van der Waals surface area contributed by atoms with Gasteiger partial charge in [-0.2, -0.15) is 0 Å². The highest BCUT2D eigenvalue weighted by Crippen LogP contribution is 2.18. The Labute approximate surface area is 112 Å². The molecule has 1 N–H and O–H groups in total. The highest BCUT2D eigenvalue weighted by molar-refractivity contribution is 4.94. The molecule has 0 fully saturated rings. The van der Waals surface area contributed by atoms with Gasteiger partial charge in [0.1, 0.15) is 5.82 Å². The first-order valence-electron chi connectivity index (χ1n) is 7.15. The molecule has 0 saturated heterocycles. The molecule has 1 heterocycles. The maximum absolute atomic E-state index is 4.44. The molecule has 1 aromatic heterocycles. The third-order valence-corrected chi connectivity index (χ3v) is 3.03. The topological polar surface area (TPSA) is 29.9 Å². The van der Waals surface area contributed by atoms with E-state index in [9.17, 15) is 0 Å². The summed E-state index contributed by atoms with van der Waals surface area (Å²) in [4.78, 5) is 4.44. The van der Waals surface area contributed by atoms with Gasteiger partial charge in [-0.15, -0.1) is 0 Å². The van der Waals surface area contributed by atoms with E-state index in [-0.39, 0.29) is 5.41 Å². The Hall–Kier alpha value is -0.830. The van der Waals surface area contributed by atoms with Gasteiger partial charge in [0.25, 0.3) is 0 Å². The minimum Gasteiger partial charge on any atom is -0.334 e. The van der Waals surface area contributed by atoms with Crippen molar-refractivity contribution in [1.82, 2.24) is 14.9 Å². The Morgan fingerprint density at radius 2 is 2.11 bits per heavy atom. The number of aromatic nitrogens is 2. The fourth-order valence-corrected chi connectivity index (χ4v) is 2.15. The van der Waals surface area contributed by atoms with Crippen LogP contribution in [0.3, 0.4) is 0 Å². The Morgan fingerprint density at radius 3 is 2.72 bits per heavy atom. The predicted octanol–water partition coefficient (Wildman–Crippen LogP) is 3.11. The summed E-state index contributed by atoms with van der Waals surface area (Å²) in [5.41, 5.74) is 0.262. The Balaban J connectivity index is 2.50. The standard InChI is InChI=1S/C15H29N3/c1-6-7-14-17-8-9-18(14)12-15(4,5)11-16-10-13(2)3/h8-9,13,16H,6-7,10-12H2,1-5H3. The third kappa shape index (κ3) is 5.21. The molecule has 0 unspecified atom stereocenters. The van der Waals surface area contributed by atoms with Gasteiger partial charge in [-0.1, -0.05) is 34.6 Å². The Bertz CT molecular complexity index is 339. The first-order valence-corrected chi connectivity index (χ1v) is 7.15. The maximum Gasteiger partial charge on any atom is 0.108 e. The number of hydrogen-bond acceptors (Lipinski definition) is 2. The molecular formula is C15H29N3. The quantitative estimate of drug-likeness (QED) is 0.769. The van der Waals surface area contributed by atoms with E-state index >= 15 is 0 Å². The van der Waals surface area contributed by atoms with Crippen LogP contribution in [0.4, 0.5) is 0 Å². The van der Waals surface area contributed by atoms with E-state index < -0.39 is 0 Å². The van der Waals surface area contributed by atoms with E-state index in [1.165, 1.54) is 5.82 Å². The maximum atomic E-state index is 4.44. The van der Waals surface area contributed by atoms with Crippen LogP contribution in [-0.2, 0) is 13.0 Å². The fourth-order valence-electron chi connectivity index (χ4n) is 2.15. The van der Waals surface area contributed by atoms with Gasteiger partial charge in [-0.05, 0) is 24.3 Å². The van der Waals surface area contributed by atoms with E-state index in [0.29, 0.717) is 5.92 Å². The van der Waals surface area contributed by atoms with Crippen LogP contribution in [0.2, 0.25) is 0 Å². The number of imidazole rings is 1. The summed E-state index contributed by atoms with van der Waals surface area (Å²) < 4.78 is 2.31. The molecule has 0 aliphatic carbocycles. The van der Waals surface area contributed by atoms with Gasteiger partial charge >= 0.3 is 0 Å². The number of nitrogens with zero attached hydrogens (tertiary/aromatic N) is 2. The number of aryl methyl sites for hydroxylation is 1. The lowest BCUT2D eigenvalue weighted by atomic mass is 9.93. The molecule has 0 saturated carbocycles. The molecule has 104 valence electrons. The molecule has 3 heteroatoms. The van der Waals surface area contributed by atoms with Gasteiger partial charge in [-0.25, -0.2) is 4.98 Å². The SMILES string of the molecule is CCCc1nccn1CC(C)(C)CNCC(C)C. The van der Waals surface area contributed by atoms with E-state index in [4.69, 9.17) is 0 Å². The zero-order valence-electron chi connectivity index (χ0n) is 12.7. The van der Waals surface area contributed by atoms with Crippen molar-refractivity contribution in [2.45, 2.75) is 54.0 Å². The molecule has 1 aromatic rings. The number of nitrogens with one attached hydrogen (secondary N) is 1. The van der Waals surface area contributed by atoms with Gasteiger partial charge in [-0.3, -0.25) is 0 Å². The van der Waals surface area contributed by atoms with Crippen molar-refractivity contribution in [3.63, 3.8) is 0 Å². The highest BCUT2D eigenvalue weighted by atomic mass is 15.1. The molecule has 0 spiro atoms. The lowest BCUT2D eigenvalue weighted by Crippen LogP contribution is -2.35. The smallest absolute Gasteiger partial charge is 0.108 e. The second kappa shape index (κ2) is 6.93. The normalized spacial score (nSPS) is 12.3. The molecule has 0 atom stereocenters. The van der Waals surface area contributed by atoms with Crippen molar-refractivity contribution >= 4 is 0 Å². The second-order valence-corrected chi connectivity index (χ2v) is 6.41. The average Bonchev–Trinajstić information content (AvgIpc) is 2.64. The summed E-state index contributed by atoms with van der Waals surface area (Å²) in [5.74, 6) is 1.93. The van der Waals surface area contributed by atoms with Gasteiger partial charge in [0.2, 0.25) is 0 Å². The summed E-state index contributed by atoms with van der Waals surface area (Å²) in [6, 6.07) is 0. The van der Waals surface area contributed by atoms with Crippen LogP contribution < -0.4 is 5.32 Å². The minimum atomic E-state index is 0.262. The first kappa shape index (κ1) is 15.2. The molecule has 3 nitrogen and oxygen atoms in total. The summed E-state index contributed by atoms with van der Waals surface area (Å²) >= 11 is 0. The van der Waals surface area contributed by atoms with Crippen LogP contribution in [0.15, 0.2) is 12.4 Å². The molecule has 18 heavy (non-hydrogen) atoms. The van der Waals surface area contributed by atoms with Crippen LogP contribution in [-0.4, -0.2) is 22.6 Å². The van der Waals surface area contributed by atoms with Crippen LogP contribution in [0.25, 0.3) is 0 Å². The van der Waals surface area contributed by atoms with Gasteiger partial charge < -0.3 is 9.88 Å². The Morgan fingerprint density at radius 1 is 1.39 bits per heavy atom. The first-order chi connectivity index (χ1) is 8.44. The van der Waals surface area contributed by atoms with Crippen molar-refractivity contribution in [3.05, 3.63) is 18.2 Å². The fraction of sp³-hybridized carbons (Fsp3) is 0.800. The predicted molar refractivity (Wildman–Crippen MR) is 77.7 cm³/mol. The molecule has 0 amide bonds. The van der Waals surface area contributed by atoms with Crippen molar-refractivity contribution in [2.24, 2.45) is 11.3 Å². The van der Waals surface area contributed by atoms with Crippen molar-refractivity contribution < 1.29 is 0 Å². The van der Waals surface area contributed by atoms with Gasteiger partial charge in [0, 0.05) is 31.9 Å².